The van der Waals surface area contributed by atoms with E-state index in [1.807, 2.05) is 6.07 Å². The Kier molecular flexibility index (Phi) is 6.13. The molecule has 0 bridgehead atoms. The molecule has 2 aromatic rings. The number of hydrogen-bond acceptors (Lipinski definition) is 4. The van der Waals surface area contributed by atoms with Crippen molar-refractivity contribution in [2.45, 2.75) is 34.2 Å². The van der Waals surface area contributed by atoms with Gasteiger partial charge in [-0.1, -0.05) is 50.0 Å². The third kappa shape index (κ3) is 4.09. The van der Waals surface area contributed by atoms with Crippen molar-refractivity contribution >= 4 is 52.0 Å². The van der Waals surface area contributed by atoms with Crippen LogP contribution in [-0.4, -0.2) is 10.4 Å². The minimum Gasteiger partial charge on any atom is -0.298 e. The van der Waals surface area contributed by atoms with Crippen LogP contribution in [0.1, 0.15) is 33.3 Å². The molecule has 1 aromatic heterocycles. The van der Waals surface area contributed by atoms with Gasteiger partial charge < -0.3 is 0 Å². The van der Waals surface area contributed by atoms with Crippen molar-refractivity contribution in [3.63, 3.8) is 0 Å². The predicted octanol–water partition coefficient (Wildman–Crippen LogP) is 3.35. The lowest BCUT2D eigenvalue weighted by molar-refractivity contribution is -0.120. The molecule has 0 unspecified atom stereocenters. The predicted molar refractivity (Wildman–Crippen MR) is 107 cm³/mol. The molecule has 0 aliphatic rings. The van der Waals surface area contributed by atoms with E-state index in [0.717, 1.165) is 11.3 Å². The number of nitrogens with zero attached hydrogens (tertiary/aromatic N) is 2. The summed E-state index contributed by atoms with van der Waals surface area (Å²) in [6.07, 6.45) is 1.68. The molecule has 0 amide bonds. The van der Waals surface area contributed by atoms with Gasteiger partial charge in [0.25, 0.3) is 5.56 Å². The largest absolute Gasteiger partial charge is 0.298 e. The molecule has 0 N–H and O–H groups in total. The molecule has 0 spiro atoms. The minimum atomic E-state index is -0.711. The fraction of sp³-hybridized carbons (Fsp3) is 0.316. The van der Waals surface area contributed by atoms with E-state index in [-0.39, 0.29) is 16.9 Å². The fourth-order valence-corrected chi connectivity index (χ4v) is 3.79. The summed E-state index contributed by atoms with van der Waals surface area (Å²) >= 11 is 13.1. The molecule has 0 saturated heterocycles. The molecule has 4 nitrogen and oxygen atoms in total. The second kappa shape index (κ2) is 7.79. The van der Waals surface area contributed by atoms with Gasteiger partial charge in [-0.25, -0.2) is 0 Å². The number of carbonyl (C=O) groups excluding carboxylic acids is 1. The summed E-state index contributed by atoms with van der Waals surface area (Å²) < 4.78 is 2.26. The zero-order chi connectivity index (χ0) is 19.6. The minimum absolute atomic E-state index is 0.00948. The van der Waals surface area contributed by atoms with E-state index in [1.165, 1.54) is 4.57 Å². The maximum Gasteiger partial charge on any atom is 0.269 e. The third-order valence-corrected chi connectivity index (χ3v) is 5.57. The van der Waals surface area contributed by atoms with Gasteiger partial charge in [-0.3, -0.25) is 14.2 Å². The van der Waals surface area contributed by atoms with Gasteiger partial charge in [-0.2, -0.15) is 5.26 Å². The molecule has 26 heavy (non-hydrogen) atoms. The van der Waals surface area contributed by atoms with E-state index in [4.69, 9.17) is 23.2 Å². The topological polar surface area (TPSA) is 62.9 Å². The number of carbonyl (C=O) groups is 1. The highest BCUT2D eigenvalue weighted by Crippen LogP contribution is 2.23. The number of Topliss-reactive ketones (excluding diaryl/α,β-unsaturated/α-hetero) is 1. The van der Waals surface area contributed by atoms with E-state index in [9.17, 15) is 14.9 Å². The average molecular weight is 409 g/mol. The number of aromatic nitrogens is 1. The summed E-state index contributed by atoms with van der Waals surface area (Å²) in [5, 5.41) is 10.3. The molecule has 7 heteroatoms. The maximum absolute atomic E-state index is 12.7. The normalized spacial score (nSPS) is 13.5. The van der Waals surface area contributed by atoms with E-state index in [0.29, 0.717) is 31.3 Å². The highest BCUT2D eigenvalue weighted by Gasteiger charge is 2.27. The molecule has 1 aromatic carbocycles. The van der Waals surface area contributed by atoms with Crippen molar-refractivity contribution in [3.8, 4) is 6.07 Å². The number of halogens is 2. The average Bonchev–Trinajstić information content (AvgIpc) is 2.86. The fourth-order valence-electron chi connectivity index (χ4n) is 2.32. The van der Waals surface area contributed by atoms with Crippen LogP contribution >= 0.6 is 34.5 Å². The van der Waals surface area contributed by atoms with Crippen LogP contribution in [-0.2, 0) is 11.3 Å². The van der Waals surface area contributed by atoms with Gasteiger partial charge >= 0.3 is 0 Å². The van der Waals surface area contributed by atoms with Crippen molar-refractivity contribution in [3.05, 3.63) is 53.4 Å². The van der Waals surface area contributed by atoms with E-state index in [2.05, 4.69) is 0 Å². The summed E-state index contributed by atoms with van der Waals surface area (Å²) in [7, 11) is 0. The first-order valence-corrected chi connectivity index (χ1v) is 9.53. The summed E-state index contributed by atoms with van der Waals surface area (Å²) in [5.41, 5.74) is -0.228. The maximum atomic E-state index is 12.7. The zero-order valence-electron chi connectivity index (χ0n) is 14.9. The first kappa shape index (κ1) is 20.4. The molecule has 0 atom stereocenters. The number of ketones is 1. The highest BCUT2D eigenvalue weighted by atomic mass is 35.5. The van der Waals surface area contributed by atoms with Crippen molar-refractivity contribution < 1.29 is 4.79 Å². The Morgan fingerprint density at radius 2 is 1.96 bits per heavy atom. The molecule has 1 heterocycles. The Hall–Kier alpha value is -1.87. The van der Waals surface area contributed by atoms with Crippen LogP contribution in [0.25, 0.3) is 11.6 Å². The lowest BCUT2D eigenvalue weighted by Crippen LogP contribution is -2.33. The van der Waals surface area contributed by atoms with Gasteiger partial charge in [0.05, 0.1) is 14.6 Å². The van der Waals surface area contributed by atoms with Crippen LogP contribution in [0, 0.1) is 16.7 Å². The van der Waals surface area contributed by atoms with Crippen LogP contribution in [0.3, 0.4) is 0 Å². The van der Waals surface area contributed by atoms with Gasteiger partial charge in [0.15, 0.2) is 5.78 Å². The first-order valence-electron chi connectivity index (χ1n) is 7.95. The summed E-state index contributed by atoms with van der Waals surface area (Å²) in [6.45, 7) is 7.41. The SMILES string of the molecule is CCn1c(=O)/c(=C\c2ccc(Cl)c(Cl)c2)s/c1=C(/C#N)C(=O)C(C)(C)C. The van der Waals surface area contributed by atoms with Crippen LogP contribution in [0.4, 0.5) is 0 Å². The van der Waals surface area contributed by atoms with E-state index < -0.39 is 5.41 Å². The molecular weight excluding hydrogens is 391 g/mol. The van der Waals surface area contributed by atoms with E-state index in [1.54, 1.807) is 52.0 Å². The quantitative estimate of drug-likeness (QED) is 0.781. The molecule has 0 aliphatic carbocycles. The Bertz CT molecular complexity index is 1080. The number of hydrogen-bond donors (Lipinski definition) is 0. The number of thiazole rings is 1. The van der Waals surface area contributed by atoms with Crippen LogP contribution < -0.4 is 14.8 Å². The molecule has 0 saturated carbocycles. The zero-order valence-corrected chi connectivity index (χ0v) is 17.2. The number of benzene rings is 1. The van der Waals surface area contributed by atoms with Gasteiger partial charge in [-0.05, 0) is 30.7 Å². The van der Waals surface area contributed by atoms with Gasteiger partial charge in [0.1, 0.15) is 16.3 Å². The first-order chi connectivity index (χ1) is 12.1. The van der Waals surface area contributed by atoms with Gasteiger partial charge in [0, 0.05) is 12.0 Å². The number of rotatable bonds is 3. The second-order valence-electron chi connectivity index (χ2n) is 6.70. The Morgan fingerprint density at radius 3 is 2.46 bits per heavy atom. The van der Waals surface area contributed by atoms with Crippen LogP contribution in [0.5, 0.6) is 0 Å². The van der Waals surface area contributed by atoms with Gasteiger partial charge in [0.2, 0.25) is 0 Å². The van der Waals surface area contributed by atoms with Crippen LogP contribution in [0.15, 0.2) is 23.0 Å². The summed E-state index contributed by atoms with van der Waals surface area (Å²) in [6, 6.07) is 7.05. The standard InChI is InChI=1S/C19H18Cl2N2O2S/c1-5-23-17(25)15(9-11-6-7-13(20)14(21)8-11)26-18(23)12(10-22)16(24)19(2,3)4/h6-9H,5H2,1-4H3/b15-9+,18-12-. The lowest BCUT2D eigenvalue weighted by Gasteiger charge is -2.15. The van der Waals surface area contributed by atoms with Crippen LogP contribution in [0.2, 0.25) is 10.0 Å². The summed E-state index contributed by atoms with van der Waals surface area (Å²) in [4.78, 5) is 25.3. The molecule has 0 aliphatic heterocycles. The monoisotopic (exact) mass is 408 g/mol. The van der Waals surface area contributed by atoms with Crippen molar-refractivity contribution in [1.29, 1.82) is 5.26 Å². The van der Waals surface area contributed by atoms with E-state index >= 15 is 0 Å². The molecule has 2 rings (SSSR count). The Balaban J connectivity index is 2.82. The second-order valence-corrected chi connectivity index (χ2v) is 8.55. The Labute approximate surface area is 165 Å². The Morgan fingerprint density at radius 1 is 1.31 bits per heavy atom. The number of nitriles is 1. The third-order valence-electron chi connectivity index (χ3n) is 3.70. The molecule has 136 valence electrons. The highest BCUT2D eigenvalue weighted by molar-refractivity contribution is 7.07. The van der Waals surface area contributed by atoms with Gasteiger partial charge in [-0.15, -0.1) is 11.3 Å². The van der Waals surface area contributed by atoms with Crippen molar-refractivity contribution in [1.82, 2.24) is 4.57 Å². The summed E-state index contributed by atoms with van der Waals surface area (Å²) in [5.74, 6) is -0.287. The molecule has 0 radical (unpaired) electrons. The molecule has 0 fully saturated rings. The lowest BCUT2D eigenvalue weighted by atomic mass is 9.87. The molecular formula is C19H18Cl2N2O2S. The van der Waals surface area contributed by atoms with Crippen molar-refractivity contribution in [2.75, 3.05) is 0 Å². The smallest absolute Gasteiger partial charge is 0.269 e. The van der Waals surface area contributed by atoms with Crippen molar-refractivity contribution in [2.24, 2.45) is 5.41 Å².